The summed E-state index contributed by atoms with van der Waals surface area (Å²) in [7, 11) is 0. The van der Waals surface area contributed by atoms with Gasteiger partial charge >= 0.3 is 0 Å². The van der Waals surface area contributed by atoms with Crippen molar-refractivity contribution in [1.29, 1.82) is 0 Å². The Morgan fingerprint density at radius 2 is 1.61 bits per heavy atom. The van der Waals surface area contributed by atoms with Gasteiger partial charge < -0.3 is 10.2 Å². The lowest BCUT2D eigenvalue weighted by Gasteiger charge is -2.34. The first kappa shape index (κ1) is 23.2. The van der Waals surface area contributed by atoms with Crippen molar-refractivity contribution in [2.24, 2.45) is 11.8 Å². The van der Waals surface area contributed by atoms with Crippen LogP contribution >= 0.6 is 0 Å². The number of rotatable bonds is 8. The molecule has 2 aliphatic heterocycles. The summed E-state index contributed by atoms with van der Waals surface area (Å²) in [4.78, 5) is 41.6. The number of hydrogen-bond donors (Lipinski definition) is 1. The van der Waals surface area contributed by atoms with Crippen molar-refractivity contribution in [2.45, 2.75) is 39.7 Å². The highest BCUT2D eigenvalue weighted by Gasteiger charge is 2.35. The summed E-state index contributed by atoms with van der Waals surface area (Å²) in [5.41, 5.74) is 2.17. The largest absolute Gasteiger partial charge is 0.352 e. The minimum atomic E-state index is -0.289. The van der Waals surface area contributed by atoms with Crippen molar-refractivity contribution in [3.05, 3.63) is 70.8 Å². The number of nitrogens with one attached hydrogen (secondary N) is 1. The molecule has 1 N–H and O–H groups in total. The first-order valence-electron chi connectivity index (χ1n) is 12.0. The molecule has 0 aliphatic carbocycles. The Hall–Kier alpha value is -2.99. The van der Waals surface area contributed by atoms with Gasteiger partial charge in [-0.3, -0.25) is 19.3 Å². The molecule has 0 spiro atoms. The highest BCUT2D eigenvalue weighted by Crippen LogP contribution is 2.24. The second-order valence-electron chi connectivity index (χ2n) is 9.61. The second kappa shape index (κ2) is 10.3. The Bertz CT molecular complexity index is 990. The third kappa shape index (κ3) is 5.50. The van der Waals surface area contributed by atoms with Crippen LogP contribution in [0.25, 0.3) is 0 Å². The van der Waals surface area contributed by atoms with Crippen LogP contribution in [0.5, 0.6) is 0 Å². The highest BCUT2D eigenvalue weighted by molar-refractivity contribution is 6.21. The fourth-order valence-electron chi connectivity index (χ4n) is 5.12. The minimum absolute atomic E-state index is 0.126. The number of piperidine rings is 1. The summed E-state index contributed by atoms with van der Waals surface area (Å²) in [5, 5.41) is 3.00. The highest BCUT2D eigenvalue weighted by atomic mass is 16.2. The maximum absolute atomic E-state index is 12.6. The summed E-state index contributed by atoms with van der Waals surface area (Å²) in [6.45, 7) is 8.88. The zero-order valence-corrected chi connectivity index (χ0v) is 19.5. The van der Waals surface area contributed by atoms with Crippen LogP contribution in [0.1, 0.15) is 69.7 Å². The molecule has 2 atom stereocenters. The molecule has 2 aromatic rings. The van der Waals surface area contributed by atoms with E-state index >= 15 is 0 Å². The van der Waals surface area contributed by atoms with E-state index in [1.807, 2.05) is 6.07 Å². The van der Waals surface area contributed by atoms with E-state index in [0.29, 0.717) is 23.2 Å². The molecule has 2 aliphatic rings. The zero-order valence-electron chi connectivity index (χ0n) is 19.5. The molecule has 0 saturated carbocycles. The van der Waals surface area contributed by atoms with Gasteiger partial charge in [0.25, 0.3) is 17.7 Å². The summed E-state index contributed by atoms with van der Waals surface area (Å²) in [5.74, 6) is 0.826. The van der Waals surface area contributed by atoms with Gasteiger partial charge in [-0.1, -0.05) is 38.1 Å². The summed E-state index contributed by atoms with van der Waals surface area (Å²) >= 11 is 0. The van der Waals surface area contributed by atoms with E-state index in [1.165, 1.54) is 24.4 Å². The monoisotopic (exact) mass is 447 g/mol. The van der Waals surface area contributed by atoms with Gasteiger partial charge in [-0.05, 0) is 67.5 Å². The van der Waals surface area contributed by atoms with Crippen molar-refractivity contribution >= 4 is 17.7 Å². The van der Waals surface area contributed by atoms with Crippen LogP contribution in [0, 0.1) is 11.8 Å². The summed E-state index contributed by atoms with van der Waals surface area (Å²) < 4.78 is 0. The fraction of sp³-hybridized carbons (Fsp3) is 0.444. The van der Waals surface area contributed by atoms with Crippen molar-refractivity contribution in [2.75, 3.05) is 26.2 Å². The van der Waals surface area contributed by atoms with E-state index in [1.54, 1.807) is 42.5 Å². The fourth-order valence-corrected chi connectivity index (χ4v) is 5.12. The number of carbonyl (C=O) groups excluding carboxylic acids is 3. The maximum atomic E-state index is 12.6. The molecule has 1 fully saturated rings. The number of hydrogen-bond acceptors (Lipinski definition) is 4. The number of likely N-dealkylation sites (tertiary alicyclic amines) is 1. The average molecular weight is 448 g/mol. The van der Waals surface area contributed by atoms with Crippen molar-refractivity contribution < 1.29 is 14.4 Å². The van der Waals surface area contributed by atoms with E-state index in [-0.39, 0.29) is 24.3 Å². The molecule has 1 saturated heterocycles. The SMILES string of the molecule is CC1CC(C)CN(CCCCNC(=O)c2cccc(CN3C(=O)c4ccccc4C3=O)c2)C1. The lowest BCUT2D eigenvalue weighted by molar-refractivity contribution is 0.0642. The quantitative estimate of drug-likeness (QED) is 0.491. The molecular formula is C27H33N3O3. The number of benzene rings is 2. The molecule has 2 aromatic carbocycles. The Balaban J connectivity index is 1.25. The minimum Gasteiger partial charge on any atom is -0.352 e. The van der Waals surface area contributed by atoms with Gasteiger partial charge in [0.05, 0.1) is 17.7 Å². The smallest absolute Gasteiger partial charge is 0.261 e. The van der Waals surface area contributed by atoms with Crippen LogP contribution in [-0.4, -0.2) is 53.7 Å². The van der Waals surface area contributed by atoms with Gasteiger partial charge in [-0.2, -0.15) is 0 Å². The Labute approximate surface area is 196 Å². The lowest BCUT2D eigenvalue weighted by atomic mass is 9.92. The number of amides is 3. The number of unbranched alkanes of at least 4 members (excludes halogenated alkanes) is 1. The Kier molecular flexibility index (Phi) is 7.23. The Morgan fingerprint density at radius 3 is 2.27 bits per heavy atom. The lowest BCUT2D eigenvalue weighted by Crippen LogP contribution is -2.39. The molecule has 4 rings (SSSR count). The molecule has 174 valence electrons. The van der Waals surface area contributed by atoms with Gasteiger partial charge in [-0.15, -0.1) is 0 Å². The molecule has 6 heteroatoms. The van der Waals surface area contributed by atoms with Crippen LogP contribution in [0.4, 0.5) is 0 Å². The van der Waals surface area contributed by atoms with Crippen LogP contribution in [-0.2, 0) is 6.54 Å². The average Bonchev–Trinajstić information content (AvgIpc) is 3.03. The number of fused-ring (bicyclic) bond motifs is 1. The normalized spacial score (nSPS) is 20.7. The van der Waals surface area contributed by atoms with Crippen LogP contribution < -0.4 is 5.32 Å². The summed E-state index contributed by atoms with van der Waals surface area (Å²) in [6.07, 6.45) is 3.33. The second-order valence-corrected chi connectivity index (χ2v) is 9.61. The molecule has 0 bridgehead atoms. The molecule has 0 radical (unpaired) electrons. The van der Waals surface area contributed by atoms with E-state index in [4.69, 9.17) is 0 Å². The number of carbonyl (C=O) groups is 3. The molecule has 2 unspecified atom stereocenters. The molecule has 3 amide bonds. The van der Waals surface area contributed by atoms with Crippen molar-refractivity contribution in [3.8, 4) is 0 Å². The van der Waals surface area contributed by atoms with E-state index in [2.05, 4.69) is 24.1 Å². The molecular weight excluding hydrogens is 414 g/mol. The number of nitrogens with zero attached hydrogens (tertiary/aromatic N) is 2. The van der Waals surface area contributed by atoms with Crippen molar-refractivity contribution in [1.82, 2.24) is 15.1 Å². The van der Waals surface area contributed by atoms with Crippen molar-refractivity contribution in [3.63, 3.8) is 0 Å². The van der Waals surface area contributed by atoms with Gasteiger partial charge in [0.1, 0.15) is 0 Å². The first-order chi connectivity index (χ1) is 15.9. The standard InChI is InChI=1S/C27H33N3O3/c1-19-14-20(2)17-29(16-19)13-6-5-12-28-25(31)22-9-7-8-21(15-22)18-30-26(32)23-10-3-4-11-24(23)27(30)33/h3-4,7-11,15,19-20H,5-6,12-14,16-18H2,1-2H3,(H,28,31). The van der Waals surface area contributed by atoms with Crippen LogP contribution in [0.2, 0.25) is 0 Å². The zero-order chi connectivity index (χ0) is 23.4. The molecule has 6 nitrogen and oxygen atoms in total. The predicted molar refractivity (Wildman–Crippen MR) is 128 cm³/mol. The molecule has 2 heterocycles. The van der Waals surface area contributed by atoms with Crippen LogP contribution in [0.15, 0.2) is 48.5 Å². The third-order valence-electron chi connectivity index (χ3n) is 6.54. The van der Waals surface area contributed by atoms with Gasteiger partial charge in [-0.25, -0.2) is 0 Å². The number of imide groups is 1. The summed E-state index contributed by atoms with van der Waals surface area (Å²) in [6, 6.07) is 14.0. The third-order valence-corrected chi connectivity index (χ3v) is 6.54. The van der Waals surface area contributed by atoms with E-state index in [0.717, 1.165) is 36.8 Å². The maximum Gasteiger partial charge on any atom is 0.261 e. The van der Waals surface area contributed by atoms with Gasteiger partial charge in [0.2, 0.25) is 0 Å². The predicted octanol–water partition coefficient (Wildman–Crippen LogP) is 3.97. The van der Waals surface area contributed by atoms with Crippen LogP contribution in [0.3, 0.4) is 0 Å². The topological polar surface area (TPSA) is 69.7 Å². The van der Waals surface area contributed by atoms with Gasteiger partial charge in [0, 0.05) is 25.2 Å². The molecule has 0 aromatic heterocycles. The van der Waals surface area contributed by atoms with E-state index < -0.39 is 0 Å². The van der Waals surface area contributed by atoms with E-state index in [9.17, 15) is 14.4 Å². The van der Waals surface area contributed by atoms with Gasteiger partial charge in [0.15, 0.2) is 0 Å². The molecule has 33 heavy (non-hydrogen) atoms. The Morgan fingerprint density at radius 1 is 0.939 bits per heavy atom. The first-order valence-corrected chi connectivity index (χ1v) is 12.0.